The average molecular weight is 295 g/mol. The van der Waals surface area contributed by atoms with Crippen molar-refractivity contribution in [2.45, 2.75) is 32.2 Å². The zero-order valence-electron chi connectivity index (χ0n) is 13.1. The Bertz CT molecular complexity index is 439. The number of hydrogen-bond acceptors (Lipinski definition) is 5. The molecular formula is C14H25N5O2. The van der Waals surface area contributed by atoms with Gasteiger partial charge < -0.3 is 10.2 Å². The predicted molar refractivity (Wildman–Crippen MR) is 81.0 cm³/mol. The molecule has 0 bridgehead atoms. The molecule has 0 radical (unpaired) electrons. The summed E-state index contributed by atoms with van der Waals surface area (Å²) < 4.78 is 0. The molecule has 0 aromatic heterocycles. The lowest BCUT2D eigenvalue weighted by atomic mass is 10.0. The molecule has 0 spiro atoms. The van der Waals surface area contributed by atoms with Crippen LogP contribution in [0.3, 0.4) is 0 Å². The number of piperazine rings is 1. The van der Waals surface area contributed by atoms with Gasteiger partial charge in [-0.2, -0.15) is 5.10 Å². The van der Waals surface area contributed by atoms with Crippen LogP contribution in [0, 0.1) is 0 Å². The molecule has 0 atom stereocenters. The molecule has 0 aliphatic carbocycles. The van der Waals surface area contributed by atoms with Crippen LogP contribution in [0.15, 0.2) is 5.10 Å². The standard InChI is InChI=1S/C14H25N5O2/c1-14(2,19-8-6-18(3)7-9-19)10-15-13(21)11-4-5-12(20)17-16-11/h4-10H2,1-3H3,(H,15,21)(H,17,20). The number of hydrogen-bond donors (Lipinski definition) is 2. The van der Waals surface area contributed by atoms with Crippen LogP contribution < -0.4 is 10.7 Å². The highest BCUT2D eigenvalue weighted by molar-refractivity contribution is 6.39. The highest BCUT2D eigenvalue weighted by Gasteiger charge is 2.30. The second-order valence-corrected chi connectivity index (χ2v) is 6.38. The van der Waals surface area contributed by atoms with Gasteiger partial charge >= 0.3 is 0 Å². The SMILES string of the molecule is CN1CCN(C(C)(C)CNC(=O)C2=NNC(=O)CC2)CC1. The monoisotopic (exact) mass is 295 g/mol. The van der Waals surface area contributed by atoms with Crippen molar-refractivity contribution in [2.75, 3.05) is 39.8 Å². The molecule has 2 heterocycles. The largest absolute Gasteiger partial charge is 0.349 e. The molecule has 1 saturated heterocycles. The second-order valence-electron chi connectivity index (χ2n) is 6.38. The smallest absolute Gasteiger partial charge is 0.267 e. The van der Waals surface area contributed by atoms with E-state index in [1.54, 1.807) is 0 Å². The summed E-state index contributed by atoms with van der Waals surface area (Å²) in [5.41, 5.74) is 2.67. The van der Waals surface area contributed by atoms with Gasteiger partial charge in [0.2, 0.25) is 5.91 Å². The fraction of sp³-hybridized carbons (Fsp3) is 0.786. The Morgan fingerprint density at radius 3 is 2.52 bits per heavy atom. The van der Waals surface area contributed by atoms with Crippen LogP contribution in [0.4, 0.5) is 0 Å². The lowest BCUT2D eigenvalue weighted by Crippen LogP contribution is -2.58. The molecule has 118 valence electrons. The third-order valence-corrected chi connectivity index (χ3v) is 4.21. The van der Waals surface area contributed by atoms with E-state index in [0.29, 0.717) is 25.1 Å². The zero-order valence-corrected chi connectivity index (χ0v) is 13.1. The molecule has 7 nitrogen and oxygen atoms in total. The summed E-state index contributed by atoms with van der Waals surface area (Å²) >= 11 is 0. The first-order valence-electron chi connectivity index (χ1n) is 7.46. The van der Waals surface area contributed by atoms with E-state index >= 15 is 0 Å². The highest BCUT2D eigenvalue weighted by atomic mass is 16.2. The van der Waals surface area contributed by atoms with Crippen LogP contribution in [0.1, 0.15) is 26.7 Å². The molecule has 0 aromatic carbocycles. The van der Waals surface area contributed by atoms with Crippen molar-refractivity contribution in [1.82, 2.24) is 20.5 Å². The first-order chi connectivity index (χ1) is 9.88. The Morgan fingerprint density at radius 2 is 1.95 bits per heavy atom. The van der Waals surface area contributed by atoms with E-state index in [2.05, 4.69) is 46.5 Å². The number of likely N-dealkylation sites (N-methyl/N-ethyl adjacent to an activating group) is 1. The van der Waals surface area contributed by atoms with Gasteiger partial charge in [0.15, 0.2) is 0 Å². The van der Waals surface area contributed by atoms with E-state index in [1.165, 1.54) is 0 Å². The van der Waals surface area contributed by atoms with Gasteiger partial charge in [-0.3, -0.25) is 14.5 Å². The van der Waals surface area contributed by atoms with Gasteiger partial charge in [-0.1, -0.05) is 0 Å². The number of nitrogens with zero attached hydrogens (tertiary/aromatic N) is 3. The third kappa shape index (κ3) is 4.25. The Hall–Kier alpha value is -1.47. The third-order valence-electron chi connectivity index (χ3n) is 4.21. The van der Waals surface area contributed by atoms with E-state index in [-0.39, 0.29) is 17.4 Å². The minimum atomic E-state index is -0.183. The van der Waals surface area contributed by atoms with Gasteiger partial charge in [-0.05, 0) is 20.9 Å². The quantitative estimate of drug-likeness (QED) is 0.726. The first-order valence-corrected chi connectivity index (χ1v) is 7.46. The van der Waals surface area contributed by atoms with Crippen molar-refractivity contribution in [1.29, 1.82) is 0 Å². The topological polar surface area (TPSA) is 77.0 Å². The number of carbonyl (C=O) groups excluding carboxylic acids is 2. The molecule has 0 saturated carbocycles. The maximum atomic E-state index is 12.1. The molecule has 21 heavy (non-hydrogen) atoms. The van der Waals surface area contributed by atoms with Crippen molar-refractivity contribution >= 4 is 17.5 Å². The van der Waals surface area contributed by atoms with E-state index in [0.717, 1.165) is 26.2 Å². The number of amides is 2. The normalized spacial score (nSPS) is 21.7. The summed E-state index contributed by atoms with van der Waals surface area (Å²) in [5, 5.41) is 6.76. The zero-order chi connectivity index (χ0) is 15.5. The van der Waals surface area contributed by atoms with Crippen molar-refractivity contribution in [3.8, 4) is 0 Å². The lowest BCUT2D eigenvalue weighted by Gasteiger charge is -2.43. The van der Waals surface area contributed by atoms with Crippen LogP contribution in [0.2, 0.25) is 0 Å². The molecule has 2 amide bonds. The summed E-state index contributed by atoms with van der Waals surface area (Å²) in [7, 11) is 2.13. The first kappa shape index (κ1) is 15.9. The van der Waals surface area contributed by atoms with Crippen LogP contribution in [-0.2, 0) is 9.59 Å². The number of rotatable bonds is 4. The minimum absolute atomic E-state index is 0.0879. The maximum absolute atomic E-state index is 12.1. The Kier molecular flexibility index (Phi) is 4.95. The molecule has 7 heteroatoms. The summed E-state index contributed by atoms with van der Waals surface area (Å²) in [4.78, 5) is 27.8. The van der Waals surface area contributed by atoms with Crippen molar-refractivity contribution in [2.24, 2.45) is 5.10 Å². The summed E-state index contributed by atoms with van der Waals surface area (Å²) in [6.07, 6.45) is 0.737. The van der Waals surface area contributed by atoms with Gasteiger partial charge in [0.25, 0.3) is 5.91 Å². The van der Waals surface area contributed by atoms with Crippen LogP contribution in [0.25, 0.3) is 0 Å². The van der Waals surface area contributed by atoms with E-state index in [4.69, 9.17) is 0 Å². The van der Waals surface area contributed by atoms with Crippen molar-refractivity contribution in [3.05, 3.63) is 0 Å². The highest BCUT2D eigenvalue weighted by Crippen LogP contribution is 2.15. The molecule has 0 aromatic rings. The van der Waals surface area contributed by atoms with E-state index in [1.807, 2.05) is 0 Å². The fourth-order valence-corrected chi connectivity index (χ4v) is 2.56. The minimum Gasteiger partial charge on any atom is -0.349 e. The second kappa shape index (κ2) is 6.53. The molecule has 0 unspecified atom stereocenters. The van der Waals surface area contributed by atoms with Gasteiger partial charge in [-0.15, -0.1) is 0 Å². The number of carbonyl (C=O) groups is 2. The Morgan fingerprint density at radius 1 is 1.29 bits per heavy atom. The molecule has 2 N–H and O–H groups in total. The van der Waals surface area contributed by atoms with Gasteiger partial charge in [0, 0.05) is 51.1 Å². The predicted octanol–water partition coefficient (Wildman–Crippen LogP) is -0.605. The Balaban J connectivity index is 1.83. The number of nitrogens with one attached hydrogen (secondary N) is 2. The average Bonchev–Trinajstić information content (AvgIpc) is 2.46. The van der Waals surface area contributed by atoms with Crippen LogP contribution >= 0.6 is 0 Å². The van der Waals surface area contributed by atoms with Crippen molar-refractivity contribution in [3.63, 3.8) is 0 Å². The van der Waals surface area contributed by atoms with Gasteiger partial charge in [0.1, 0.15) is 5.71 Å². The molecule has 2 aliphatic rings. The van der Waals surface area contributed by atoms with E-state index < -0.39 is 0 Å². The van der Waals surface area contributed by atoms with Crippen LogP contribution in [0.5, 0.6) is 0 Å². The fourth-order valence-electron chi connectivity index (χ4n) is 2.56. The summed E-state index contributed by atoms with van der Waals surface area (Å²) in [6.45, 7) is 8.98. The lowest BCUT2D eigenvalue weighted by molar-refractivity contribution is -0.121. The van der Waals surface area contributed by atoms with Gasteiger partial charge in [0.05, 0.1) is 0 Å². The molecular weight excluding hydrogens is 270 g/mol. The molecule has 2 rings (SSSR count). The van der Waals surface area contributed by atoms with Crippen LogP contribution in [-0.4, -0.2) is 72.6 Å². The number of hydrazone groups is 1. The van der Waals surface area contributed by atoms with Crippen molar-refractivity contribution < 1.29 is 9.59 Å². The maximum Gasteiger partial charge on any atom is 0.267 e. The summed E-state index contributed by atoms with van der Waals surface area (Å²) in [6, 6.07) is 0. The van der Waals surface area contributed by atoms with Gasteiger partial charge in [-0.25, -0.2) is 5.43 Å². The van der Waals surface area contributed by atoms with E-state index in [9.17, 15) is 9.59 Å². The Labute approximate surface area is 125 Å². The molecule has 1 fully saturated rings. The molecule has 2 aliphatic heterocycles. The summed E-state index contributed by atoms with van der Waals surface area (Å²) in [5.74, 6) is -0.318.